The molecule has 1 aliphatic rings. The van der Waals surface area contributed by atoms with Crippen molar-refractivity contribution in [2.45, 2.75) is 26.4 Å². The fourth-order valence-electron chi connectivity index (χ4n) is 2.29. The molecule has 132 valence electrons. The highest BCUT2D eigenvalue weighted by atomic mass is 16.6. The number of aromatic carboxylic acids is 1. The van der Waals surface area contributed by atoms with Crippen molar-refractivity contribution in [1.82, 2.24) is 15.1 Å². The summed E-state index contributed by atoms with van der Waals surface area (Å²) in [5, 5.41) is 17.1. The van der Waals surface area contributed by atoms with Gasteiger partial charge >= 0.3 is 12.1 Å². The summed E-state index contributed by atoms with van der Waals surface area (Å²) >= 11 is 0. The number of carbonyl (C=O) groups excluding carboxylic acids is 1. The van der Waals surface area contributed by atoms with Crippen LogP contribution < -0.4 is 9.64 Å². The van der Waals surface area contributed by atoms with Gasteiger partial charge in [0.25, 0.3) is 0 Å². The van der Waals surface area contributed by atoms with Crippen molar-refractivity contribution in [3.63, 3.8) is 0 Å². The van der Waals surface area contributed by atoms with E-state index in [0.29, 0.717) is 26.2 Å². The Morgan fingerprint density at radius 2 is 1.79 bits per heavy atom. The van der Waals surface area contributed by atoms with E-state index in [0.717, 1.165) is 0 Å². The molecule has 1 aliphatic heterocycles. The average molecular weight is 338 g/mol. The Hall–Kier alpha value is -2.58. The lowest BCUT2D eigenvalue weighted by molar-refractivity contribution is 0.0239. The van der Waals surface area contributed by atoms with Gasteiger partial charge in [-0.25, -0.2) is 9.59 Å². The number of hydrogen-bond acceptors (Lipinski definition) is 7. The van der Waals surface area contributed by atoms with Crippen LogP contribution in [0.3, 0.4) is 0 Å². The summed E-state index contributed by atoms with van der Waals surface area (Å²) in [6.45, 7) is 7.16. The van der Waals surface area contributed by atoms with E-state index in [1.807, 2.05) is 20.8 Å². The number of piperazine rings is 1. The lowest BCUT2D eigenvalue weighted by Crippen LogP contribution is -2.50. The van der Waals surface area contributed by atoms with Gasteiger partial charge in [-0.15, -0.1) is 10.2 Å². The molecule has 0 spiro atoms. The molecule has 0 aromatic carbocycles. The Balaban J connectivity index is 2.07. The number of nitrogens with zero attached hydrogens (tertiary/aromatic N) is 4. The maximum absolute atomic E-state index is 12.1. The van der Waals surface area contributed by atoms with Crippen molar-refractivity contribution in [3.8, 4) is 5.88 Å². The number of hydrogen-bond donors (Lipinski definition) is 1. The van der Waals surface area contributed by atoms with Gasteiger partial charge in [0.1, 0.15) is 11.2 Å². The van der Waals surface area contributed by atoms with Crippen LogP contribution in [0.15, 0.2) is 6.07 Å². The molecular weight excluding hydrogens is 316 g/mol. The zero-order valence-electron chi connectivity index (χ0n) is 14.3. The fraction of sp³-hybridized carbons (Fsp3) is 0.600. The number of carboxylic acids is 1. The zero-order valence-corrected chi connectivity index (χ0v) is 14.3. The van der Waals surface area contributed by atoms with Gasteiger partial charge < -0.3 is 24.4 Å². The second-order valence-corrected chi connectivity index (χ2v) is 6.38. The van der Waals surface area contributed by atoms with Crippen LogP contribution in [0.1, 0.15) is 31.1 Å². The number of aromatic nitrogens is 2. The number of methoxy groups -OCH3 is 1. The van der Waals surface area contributed by atoms with E-state index in [-0.39, 0.29) is 23.4 Å². The Morgan fingerprint density at radius 1 is 1.17 bits per heavy atom. The van der Waals surface area contributed by atoms with Crippen LogP contribution in [0, 0.1) is 0 Å². The van der Waals surface area contributed by atoms with Gasteiger partial charge in [0, 0.05) is 32.2 Å². The van der Waals surface area contributed by atoms with Gasteiger partial charge in [0.2, 0.25) is 5.88 Å². The summed E-state index contributed by atoms with van der Waals surface area (Å²) in [6.07, 6.45) is -0.374. The largest absolute Gasteiger partial charge is 0.480 e. The molecule has 1 aromatic rings. The number of ether oxygens (including phenoxy) is 2. The minimum atomic E-state index is -1.10. The third-order valence-electron chi connectivity index (χ3n) is 3.42. The van der Waals surface area contributed by atoms with Crippen molar-refractivity contribution in [2.75, 3.05) is 38.2 Å². The smallest absolute Gasteiger partial charge is 0.410 e. The molecule has 0 saturated carbocycles. The first-order chi connectivity index (χ1) is 11.2. The molecule has 24 heavy (non-hydrogen) atoms. The summed E-state index contributed by atoms with van der Waals surface area (Å²) in [5.74, 6) is -0.691. The molecule has 1 aromatic heterocycles. The van der Waals surface area contributed by atoms with Crippen LogP contribution in [0.5, 0.6) is 5.88 Å². The van der Waals surface area contributed by atoms with Crippen molar-refractivity contribution in [3.05, 3.63) is 11.6 Å². The number of amides is 1. The molecule has 0 bridgehead atoms. The van der Waals surface area contributed by atoms with Gasteiger partial charge in [-0.2, -0.15) is 0 Å². The monoisotopic (exact) mass is 338 g/mol. The van der Waals surface area contributed by atoms with Crippen molar-refractivity contribution < 1.29 is 24.2 Å². The van der Waals surface area contributed by atoms with Crippen molar-refractivity contribution >= 4 is 17.9 Å². The standard InChI is InChI=1S/C15H22N4O5/c1-15(2,3)24-14(22)19-7-5-18(6-8-19)12-10(13(20)21)9-11(23-4)16-17-12/h9H,5-8H2,1-4H3,(H,20,21). The maximum Gasteiger partial charge on any atom is 0.410 e. The molecule has 1 amide bonds. The van der Waals surface area contributed by atoms with Crippen LogP contribution >= 0.6 is 0 Å². The molecule has 2 rings (SSSR count). The predicted octanol–water partition coefficient (Wildman–Crippen LogP) is 1.24. The molecule has 0 unspecified atom stereocenters. The van der Waals surface area contributed by atoms with Crippen molar-refractivity contribution in [2.24, 2.45) is 0 Å². The molecule has 0 aliphatic carbocycles. The van der Waals surface area contributed by atoms with Gasteiger partial charge in [0.05, 0.1) is 7.11 Å². The van der Waals surface area contributed by atoms with Gasteiger partial charge in [-0.05, 0) is 20.8 Å². The lowest BCUT2D eigenvalue weighted by Gasteiger charge is -2.36. The Labute approximate surface area is 140 Å². The number of carboxylic acid groups (broad SMARTS) is 1. The third-order valence-corrected chi connectivity index (χ3v) is 3.42. The number of rotatable bonds is 3. The molecule has 1 saturated heterocycles. The molecule has 2 heterocycles. The van der Waals surface area contributed by atoms with E-state index in [1.54, 1.807) is 9.80 Å². The first-order valence-electron chi connectivity index (χ1n) is 7.59. The zero-order chi connectivity index (χ0) is 17.9. The molecule has 1 N–H and O–H groups in total. The highest BCUT2D eigenvalue weighted by molar-refractivity contribution is 5.93. The topological polar surface area (TPSA) is 105 Å². The van der Waals surface area contributed by atoms with E-state index in [2.05, 4.69) is 10.2 Å². The van der Waals surface area contributed by atoms with Crippen LogP contribution in [0.2, 0.25) is 0 Å². The van der Waals surface area contributed by atoms with Crippen LogP contribution in [-0.4, -0.2) is 71.2 Å². The highest BCUT2D eigenvalue weighted by Gasteiger charge is 2.28. The van der Waals surface area contributed by atoms with Gasteiger partial charge in [-0.3, -0.25) is 0 Å². The molecular formula is C15H22N4O5. The molecule has 9 heteroatoms. The summed E-state index contributed by atoms with van der Waals surface area (Å²) < 4.78 is 10.3. The first-order valence-corrected chi connectivity index (χ1v) is 7.59. The number of anilines is 1. The van der Waals surface area contributed by atoms with Crippen LogP contribution in [0.25, 0.3) is 0 Å². The van der Waals surface area contributed by atoms with E-state index >= 15 is 0 Å². The minimum Gasteiger partial charge on any atom is -0.480 e. The van der Waals surface area contributed by atoms with Crippen LogP contribution in [-0.2, 0) is 4.74 Å². The quantitative estimate of drug-likeness (QED) is 0.877. The van der Waals surface area contributed by atoms with Crippen molar-refractivity contribution in [1.29, 1.82) is 0 Å². The summed E-state index contributed by atoms with van der Waals surface area (Å²) in [6, 6.07) is 1.34. The van der Waals surface area contributed by atoms with E-state index in [9.17, 15) is 14.7 Å². The van der Waals surface area contributed by atoms with E-state index in [4.69, 9.17) is 9.47 Å². The van der Waals surface area contributed by atoms with Gasteiger partial charge in [0.15, 0.2) is 5.82 Å². The first kappa shape index (κ1) is 17.8. The molecule has 9 nitrogen and oxygen atoms in total. The minimum absolute atomic E-state index is 0.0209. The SMILES string of the molecule is COc1cc(C(=O)O)c(N2CCN(C(=O)OC(C)(C)C)CC2)nn1. The summed E-state index contributed by atoms with van der Waals surface area (Å²) in [7, 11) is 1.40. The maximum atomic E-state index is 12.1. The van der Waals surface area contributed by atoms with Gasteiger partial charge in [-0.1, -0.05) is 0 Å². The summed E-state index contributed by atoms with van der Waals surface area (Å²) in [4.78, 5) is 26.9. The second kappa shape index (κ2) is 6.90. The number of carbonyl (C=O) groups is 2. The normalized spacial score (nSPS) is 15.2. The molecule has 0 radical (unpaired) electrons. The molecule has 0 atom stereocenters. The Kier molecular flexibility index (Phi) is 5.10. The third kappa shape index (κ3) is 4.24. The van der Waals surface area contributed by atoms with E-state index < -0.39 is 11.6 Å². The Bertz CT molecular complexity index is 621. The second-order valence-electron chi connectivity index (χ2n) is 6.38. The van der Waals surface area contributed by atoms with E-state index in [1.165, 1.54) is 13.2 Å². The lowest BCUT2D eigenvalue weighted by atomic mass is 10.2. The Morgan fingerprint density at radius 3 is 2.29 bits per heavy atom. The fourth-order valence-corrected chi connectivity index (χ4v) is 2.29. The summed E-state index contributed by atoms with van der Waals surface area (Å²) in [5.41, 5.74) is -0.529. The van der Waals surface area contributed by atoms with Crippen LogP contribution in [0.4, 0.5) is 10.6 Å². The highest BCUT2D eigenvalue weighted by Crippen LogP contribution is 2.22. The molecule has 1 fully saturated rings. The average Bonchev–Trinajstić information content (AvgIpc) is 2.52. The predicted molar refractivity (Wildman–Crippen MR) is 85.6 cm³/mol.